The minimum absolute atomic E-state index is 0.117. The van der Waals surface area contributed by atoms with E-state index in [1.807, 2.05) is 71.6 Å². The number of methoxy groups -OCH3 is 1. The quantitative estimate of drug-likeness (QED) is 0.247. The van der Waals surface area contributed by atoms with Gasteiger partial charge in [0, 0.05) is 24.4 Å². The molecule has 0 bridgehead atoms. The van der Waals surface area contributed by atoms with Crippen LogP contribution in [0.25, 0.3) is 23.0 Å². The monoisotopic (exact) mass is 477 g/mol. The molecule has 6 nitrogen and oxygen atoms in total. The number of ether oxygens (including phenoxy) is 2. The zero-order valence-electron chi connectivity index (χ0n) is 18.1. The van der Waals surface area contributed by atoms with Crippen LogP contribution in [0.2, 0.25) is 0 Å². The molecule has 33 heavy (non-hydrogen) atoms. The van der Waals surface area contributed by atoms with E-state index in [9.17, 15) is 4.79 Å². The molecule has 2 heterocycles. The Labute approximate surface area is 202 Å². The second kappa shape index (κ2) is 10.6. The molecule has 0 aliphatic carbocycles. The van der Waals surface area contributed by atoms with Crippen molar-refractivity contribution in [2.75, 3.05) is 26.9 Å². The van der Waals surface area contributed by atoms with E-state index in [1.54, 1.807) is 18.1 Å². The van der Waals surface area contributed by atoms with Gasteiger partial charge in [-0.3, -0.25) is 9.69 Å². The largest absolute Gasteiger partial charge is 0.490 e. The molecule has 0 spiro atoms. The standard InChI is InChI=1S/C25H23N3O3S2/c1-3-14-31-21-11-9-18(10-12-21)23-19(17-28(26-23)20-7-5-4-6-8-20)16-22-24(29)27(13-15-30-2)25(32)33-22/h3-12,16-17H,1,13-15H2,2H3/b22-16-. The van der Waals surface area contributed by atoms with Crippen molar-refractivity contribution < 1.29 is 14.3 Å². The average molecular weight is 478 g/mol. The fourth-order valence-corrected chi connectivity index (χ4v) is 4.61. The number of nitrogens with zero attached hydrogens (tertiary/aromatic N) is 3. The predicted molar refractivity (Wildman–Crippen MR) is 136 cm³/mol. The normalized spacial score (nSPS) is 14.8. The minimum Gasteiger partial charge on any atom is -0.490 e. The van der Waals surface area contributed by atoms with Crippen molar-refractivity contribution in [3.8, 4) is 22.7 Å². The maximum atomic E-state index is 12.9. The summed E-state index contributed by atoms with van der Waals surface area (Å²) in [5, 5.41) is 4.83. The van der Waals surface area contributed by atoms with E-state index in [2.05, 4.69) is 6.58 Å². The summed E-state index contributed by atoms with van der Waals surface area (Å²) in [5.74, 6) is 0.635. The van der Waals surface area contributed by atoms with Gasteiger partial charge in [-0.1, -0.05) is 54.8 Å². The lowest BCUT2D eigenvalue weighted by Crippen LogP contribution is -2.31. The molecule has 0 saturated carbocycles. The third kappa shape index (κ3) is 5.24. The van der Waals surface area contributed by atoms with Gasteiger partial charge in [0.25, 0.3) is 5.91 Å². The van der Waals surface area contributed by atoms with Crippen molar-refractivity contribution in [3.05, 3.63) is 83.9 Å². The molecule has 1 aromatic heterocycles. The molecule has 0 unspecified atom stereocenters. The van der Waals surface area contributed by atoms with Crippen LogP contribution in [-0.2, 0) is 9.53 Å². The summed E-state index contributed by atoms with van der Waals surface area (Å²) in [6.07, 6.45) is 5.49. The van der Waals surface area contributed by atoms with Gasteiger partial charge in [0.05, 0.1) is 29.4 Å². The Morgan fingerprint density at radius 2 is 1.91 bits per heavy atom. The third-order valence-electron chi connectivity index (χ3n) is 4.94. The first kappa shape index (κ1) is 23.0. The summed E-state index contributed by atoms with van der Waals surface area (Å²) in [6.45, 7) is 4.97. The Bertz CT molecular complexity index is 1190. The molecule has 1 aliphatic heterocycles. The van der Waals surface area contributed by atoms with E-state index in [1.165, 1.54) is 11.8 Å². The van der Waals surface area contributed by atoms with E-state index >= 15 is 0 Å². The molecule has 2 aromatic carbocycles. The number of thioether (sulfide) groups is 1. The number of para-hydroxylation sites is 1. The lowest BCUT2D eigenvalue weighted by molar-refractivity contribution is -0.122. The molecule has 1 amide bonds. The third-order valence-corrected chi connectivity index (χ3v) is 6.32. The predicted octanol–water partition coefficient (Wildman–Crippen LogP) is 4.95. The van der Waals surface area contributed by atoms with Gasteiger partial charge >= 0.3 is 0 Å². The van der Waals surface area contributed by atoms with Crippen LogP contribution in [0.4, 0.5) is 0 Å². The SMILES string of the molecule is C=CCOc1ccc(-c2nn(-c3ccccc3)cc2/C=C2\SC(=S)N(CCOC)C2=O)cc1. The highest BCUT2D eigenvalue weighted by Gasteiger charge is 2.32. The number of benzene rings is 2. The molecule has 0 radical (unpaired) electrons. The van der Waals surface area contributed by atoms with Crippen LogP contribution in [0.3, 0.4) is 0 Å². The molecule has 168 valence electrons. The topological polar surface area (TPSA) is 56.6 Å². The molecule has 0 N–H and O–H groups in total. The highest BCUT2D eigenvalue weighted by molar-refractivity contribution is 8.26. The summed E-state index contributed by atoms with van der Waals surface area (Å²) in [5.41, 5.74) is 3.43. The van der Waals surface area contributed by atoms with E-state index < -0.39 is 0 Å². The molecule has 1 saturated heterocycles. The van der Waals surface area contributed by atoms with Crippen molar-refractivity contribution in [2.45, 2.75) is 0 Å². The smallest absolute Gasteiger partial charge is 0.266 e. The number of hydrogen-bond acceptors (Lipinski definition) is 6. The second-order valence-electron chi connectivity index (χ2n) is 7.16. The van der Waals surface area contributed by atoms with E-state index in [0.29, 0.717) is 29.0 Å². The Balaban J connectivity index is 1.72. The number of carbonyl (C=O) groups is 1. The average Bonchev–Trinajstić information content (AvgIpc) is 3.38. The van der Waals surface area contributed by atoms with Crippen molar-refractivity contribution in [2.24, 2.45) is 0 Å². The second-order valence-corrected chi connectivity index (χ2v) is 8.84. The van der Waals surface area contributed by atoms with Crippen molar-refractivity contribution in [1.29, 1.82) is 0 Å². The van der Waals surface area contributed by atoms with Gasteiger partial charge in [0.1, 0.15) is 16.7 Å². The maximum Gasteiger partial charge on any atom is 0.266 e. The zero-order chi connectivity index (χ0) is 23.2. The van der Waals surface area contributed by atoms with Crippen LogP contribution >= 0.6 is 24.0 Å². The van der Waals surface area contributed by atoms with Gasteiger partial charge in [-0.05, 0) is 42.5 Å². The Hall–Kier alpha value is -3.20. The Morgan fingerprint density at radius 1 is 1.15 bits per heavy atom. The highest BCUT2D eigenvalue weighted by atomic mass is 32.2. The zero-order valence-corrected chi connectivity index (χ0v) is 19.8. The van der Waals surface area contributed by atoms with Crippen molar-refractivity contribution in [3.63, 3.8) is 0 Å². The van der Waals surface area contributed by atoms with Crippen molar-refractivity contribution >= 4 is 40.3 Å². The lowest BCUT2D eigenvalue weighted by Gasteiger charge is -2.12. The fourth-order valence-electron chi connectivity index (χ4n) is 3.31. The summed E-state index contributed by atoms with van der Waals surface area (Å²) in [7, 11) is 1.60. The van der Waals surface area contributed by atoms with Gasteiger partial charge < -0.3 is 9.47 Å². The van der Waals surface area contributed by atoms with Crippen LogP contribution < -0.4 is 4.74 Å². The van der Waals surface area contributed by atoms with E-state index in [4.69, 9.17) is 26.8 Å². The van der Waals surface area contributed by atoms with Gasteiger partial charge in [-0.15, -0.1) is 0 Å². The van der Waals surface area contributed by atoms with Crippen LogP contribution in [0.1, 0.15) is 5.56 Å². The summed E-state index contributed by atoms with van der Waals surface area (Å²) in [4.78, 5) is 15.1. The van der Waals surface area contributed by atoms with Gasteiger partial charge in [-0.2, -0.15) is 5.10 Å². The van der Waals surface area contributed by atoms with Gasteiger partial charge in [-0.25, -0.2) is 4.68 Å². The highest BCUT2D eigenvalue weighted by Crippen LogP contribution is 2.35. The number of carbonyl (C=O) groups excluding carboxylic acids is 1. The number of thiocarbonyl (C=S) groups is 1. The van der Waals surface area contributed by atoms with E-state index in [-0.39, 0.29) is 5.91 Å². The summed E-state index contributed by atoms with van der Waals surface area (Å²) in [6, 6.07) is 17.6. The first-order chi connectivity index (χ1) is 16.1. The first-order valence-electron chi connectivity index (χ1n) is 10.3. The number of aromatic nitrogens is 2. The van der Waals surface area contributed by atoms with Crippen LogP contribution in [0, 0.1) is 0 Å². The van der Waals surface area contributed by atoms with Crippen LogP contribution in [0.5, 0.6) is 5.75 Å². The molecule has 8 heteroatoms. The molecule has 0 atom stereocenters. The minimum atomic E-state index is -0.117. The number of amides is 1. The maximum absolute atomic E-state index is 12.9. The molecular formula is C25H23N3O3S2. The Morgan fingerprint density at radius 3 is 2.61 bits per heavy atom. The van der Waals surface area contributed by atoms with Gasteiger partial charge in [0.2, 0.25) is 0 Å². The fraction of sp³-hybridized carbons (Fsp3) is 0.160. The van der Waals surface area contributed by atoms with Crippen LogP contribution in [0.15, 0.2) is 78.4 Å². The molecule has 4 rings (SSSR count). The number of hydrogen-bond donors (Lipinski definition) is 0. The lowest BCUT2D eigenvalue weighted by atomic mass is 10.1. The molecular weight excluding hydrogens is 454 g/mol. The summed E-state index contributed by atoms with van der Waals surface area (Å²) < 4.78 is 13.0. The first-order valence-corrected chi connectivity index (χ1v) is 11.6. The molecule has 1 fully saturated rings. The number of rotatable bonds is 9. The van der Waals surface area contributed by atoms with E-state index in [0.717, 1.165) is 28.3 Å². The van der Waals surface area contributed by atoms with Crippen molar-refractivity contribution in [1.82, 2.24) is 14.7 Å². The molecule has 3 aromatic rings. The summed E-state index contributed by atoms with van der Waals surface area (Å²) >= 11 is 6.71. The molecule has 1 aliphatic rings. The Kier molecular flexibility index (Phi) is 7.39. The van der Waals surface area contributed by atoms with Gasteiger partial charge in [0.15, 0.2) is 0 Å². The van der Waals surface area contributed by atoms with Crippen LogP contribution in [-0.4, -0.2) is 51.8 Å².